The maximum atomic E-state index is 6.26. The highest BCUT2D eigenvalue weighted by Gasteiger charge is 2.14. The molecule has 3 nitrogen and oxygen atoms in total. The van der Waals surface area contributed by atoms with Gasteiger partial charge in [0.05, 0.1) is 5.02 Å². The molecule has 0 amide bonds. The second-order valence-electron chi connectivity index (χ2n) is 4.40. The number of nitrogens with zero attached hydrogens (tertiary/aromatic N) is 2. The number of pyridine rings is 1. The minimum absolute atomic E-state index is 0.597. The van der Waals surface area contributed by atoms with Gasteiger partial charge in [-0.25, -0.2) is 4.98 Å². The molecule has 0 saturated carbocycles. The van der Waals surface area contributed by atoms with Crippen LogP contribution in [0.15, 0.2) is 41.0 Å². The van der Waals surface area contributed by atoms with Crippen LogP contribution >= 0.6 is 27.5 Å². The van der Waals surface area contributed by atoms with Crippen molar-refractivity contribution in [2.75, 3.05) is 5.73 Å². The van der Waals surface area contributed by atoms with Gasteiger partial charge in [-0.15, -0.1) is 0 Å². The Kier molecular flexibility index (Phi) is 2.99. The minimum atomic E-state index is 0.597. The quantitative estimate of drug-likeness (QED) is 0.719. The lowest BCUT2D eigenvalue weighted by atomic mass is 10.1. The highest BCUT2D eigenvalue weighted by Crippen LogP contribution is 2.33. The van der Waals surface area contributed by atoms with Crippen LogP contribution in [0.5, 0.6) is 0 Å². The highest BCUT2D eigenvalue weighted by atomic mass is 79.9. The van der Waals surface area contributed by atoms with E-state index in [1.54, 1.807) is 0 Å². The standard InChI is InChI=1S/C14H11BrClN3/c1-8-4-5-19-12(6-8)18-13(14(19)17)10-3-2-9(15)7-11(10)16/h2-7H,17H2,1H3. The van der Waals surface area contributed by atoms with Crippen molar-refractivity contribution in [3.8, 4) is 11.3 Å². The largest absolute Gasteiger partial charge is 0.383 e. The maximum absolute atomic E-state index is 6.26. The van der Waals surface area contributed by atoms with E-state index in [-0.39, 0.29) is 0 Å². The molecule has 0 aliphatic heterocycles. The second kappa shape index (κ2) is 4.54. The lowest BCUT2D eigenvalue weighted by molar-refractivity contribution is 1.18. The minimum Gasteiger partial charge on any atom is -0.383 e. The topological polar surface area (TPSA) is 43.3 Å². The van der Waals surface area contributed by atoms with Crippen LogP contribution < -0.4 is 5.73 Å². The zero-order chi connectivity index (χ0) is 13.6. The number of benzene rings is 1. The number of hydrogen-bond acceptors (Lipinski definition) is 2. The summed E-state index contributed by atoms with van der Waals surface area (Å²) in [6.07, 6.45) is 1.92. The molecule has 96 valence electrons. The molecule has 0 spiro atoms. The van der Waals surface area contributed by atoms with E-state index in [2.05, 4.69) is 20.9 Å². The summed E-state index contributed by atoms with van der Waals surface area (Å²) in [5, 5.41) is 0.626. The van der Waals surface area contributed by atoms with E-state index in [4.69, 9.17) is 17.3 Å². The molecule has 2 heterocycles. The number of anilines is 1. The van der Waals surface area contributed by atoms with Gasteiger partial charge in [0.1, 0.15) is 17.2 Å². The molecule has 1 aromatic carbocycles. The van der Waals surface area contributed by atoms with Crippen LogP contribution in [0.3, 0.4) is 0 Å². The van der Waals surface area contributed by atoms with Crippen molar-refractivity contribution in [1.29, 1.82) is 0 Å². The van der Waals surface area contributed by atoms with Gasteiger partial charge in [0.25, 0.3) is 0 Å². The Labute approximate surface area is 124 Å². The first-order chi connectivity index (χ1) is 9.06. The molecular formula is C14H11BrClN3. The van der Waals surface area contributed by atoms with Crippen molar-refractivity contribution >= 4 is 39.0 Å². The van der Waals surface area contributed by atoms with E-state index in [0.717, 1.165) is 21.2 Å². The van der Waals surface area contributed by atoms with Crippen LogP contribution in [0.4, 0.5) is 5.82 Å². The van der Waals surface area contributed by atoms with Crippen molar-refractivity contribution in [3.63, 3.8) is 0 Å². The summed E-state index contributed by atoms with van der Waals surface area (Å²) in [6.45, 7) is 2.02. The van der Waals surface area contributed by atoms with Crippen molar-refractivity contribution in [3.05, 3.63) is 51.6 Å². The van der Waals surface area contributed by atoms with Gasteiger partial charge < -0.3 is 5.73 Å². The third kappa shape index (κ3) is 2.11. The van der Waals surface area contributed by atoms with Gasteiger partial charge in [0.2, 0.25) is 0 Å². The Morgan fingerprint density at radius 3 is 2.79 bits per heavy atom. The van der Waals surface area contributed by atoms with Crippen LogP contribution in [-0.2, 0) is 0 Å². The summed E-state index contributed by atoms with van der Waals surface area (Å²) in [5.41, 5.74) is 9.68. The number of imidazole rings is 1. The molecule has 0 aliphatic rings. The normalized spacial score (nSPS) is 11.1. The molecule has 0 aliphatic carbocycles. The van der Waals surface area contributed by atoms with Crippen molar-refractivity contribution < 1.29 is 0 Å². The maximum Gasteiger partial charge on any atom is 0.139 e. The lowest BCUT2D eigenvalue weighted by Gasteiger charge is -2.03. The molecule has 2 N–H and O–H groups in total. The van der Waals surface area contributed by atoms with Crippen molar-refractivity contribution in [2.24, 2.45) is 0 Å². The van der Waals surface area contributed by atoms with Crippen molar-refractivity contribution in [1.82, 2.24) is 9.38 Å². The SMILES string of the molecule is Cc1ccn2c(N)c(-c3ccc(Br)cc3Cl)nc2c1. The average molecular weight is 337 g/mol. The lowest BCUT2D eigenvalue weighted by Crippen LogP contribution is -1.94. The van der Waals surface area contributed by atoms with E-state index >= 15 is 0 Å². The fraction of sp³-hybridized carbons (Fsp3) is 0.0714. The molecule has 0 radical (unpaired) electrons. The first kappa shape index (κ1) is 12.5. The number of aromatic nitrogens is 2. The molecule has 0 saturated heterocycles. The molecule has 3 rings (SSSR count). The summed E-state index contributed by atoms with van der Waals surface area (Å²) >= 11 is 9.65. The average Bonchev–Trinajstić information content (AvgIpc) is 2.66. The molecule has 2 aromatic heterocycles. The number of fused-ring (bicyclic) bond motifs is 1. The summed E-state index contributed by atoms with van der Waals surface area (Å²) < 4.78 is 2.79. The number of nitrogen functional groups attached to an aromatic ring is 1. The third-order valence-corrected chi connectivity index (χ3v) is 3.81. The fourth-order valence-electron chi connectivity index (χ4n) is 2.05. The van der Waals surface area contributed by atoms with Gasteiger partial charge in [-0.1, -0.05) is 33.6 Å². The number of halogens is 2. The van der Waals surface area contributed by atoms with Crippen LogP contribution in [0.1, 0.15) is 5.56 Å². The monoisotopic (exact) mass is 335 g/mol. The number of nitrogens with two attached hydrogens (primary N) is 1. The van der Waals surface area contributed by atoms with Crippen LogP contribution in [-0.4, -0.2) is 9.38 Å². The van der Waals surface area contributed by atoms with E-state index in [1.165, 1.54) is 0 Å². The third-order valence-electron chi connectivity index (χ3n) is 3.00. The zero-order valence-corrected chi connectivity index (χ0v) is 12.5. The van der Waals surface area contributed by atoms with E-state index < -0.39 is 0 Å². The molecule has 0 atom stereocenters. The van der Waals surface area contributed by atoms with Gasteiger partial charge in [0.15, 0.2) is 0 Å². The fourth-order valence-corrected chi connectivity index (χ4v) is 2.81. The Morgan fingerprint density at radius 2 is 2.05 bits per heavy atom. The molecule has 0 bridgehead atoms. The molecule has 19 heavy (non-hydrogen) atoms. The van der Waals surface area contributed by atoms with E-state index in [1.807, 2.05) is 47.9 Å². The Bertz CT molecular complexity index is 780. The summed E-state index contributed by atoms with van der Waals surface area (Å²) in [6, 6.07) is 9.67. The second-order valence-corrected chi connectivity index (χ2v) is 5.72. The first-order valence-corrected chi connectivity index (χ1v) is 6.93. The summed E-state index contributed by atoms with van der Waals surface area (Å²) in [7, 11) is 0. The number of rotatable bonds is 1. The smallest absolute Gasteiger partial charge is 0.139 e. The van der Waals surface area contributed by atoms with Crippen molar-refractivity contribution in [2.45, 2.75) is 6.92 Å². The Balaban J connectivity index is 2.27. The molecule has 5 heteroatoms. The Morgan fingerprint density at radius 1 is 1.26 bits per heavy atom. The highest BCUT2D eigenvalue weighted by molar-refractivity contribution is 9.10. The zero-order valence-electron chi connectivity index (χ0n) is 10.2. The van der Waals surface area contributed by atoms with E-state index in [0.29, 0.717) is 16.5 Å². The first-order valence-electron chi connectivity index (χ1n) is 5.76. The van der Waals surface area contributed by atoms with Crippen LogP contribution in [0.25, 0.3) is 16.9 Å². The predicted octanol–water partition coefficient (Wildman–Crippen LogP) is 4.31. The van der Waals surface area contributed by atoms with Gasteiger partial charge in [-0.3, -0.25) is 4.40 Å². The summed E-state index contributed by atoms with van der Waals surface area (Å²) in [4.78, 5) is 4.57. The van der Waals surface area contributed by atoms with Gasteiger partial charge in [-0.2, -0.15) is 0 Å². The predicted molar refractivity (Wildman–Crippen MR) is 82.5 cm³/mol. The van der Waals surface area contributed by atoms with Crippen LogP contribution in [0.2, 0.25) is 5.02 Å². The number of hydrogen-bond donors (Lipinski definition) is 1. The van der Waals surface area contributed by atoms with Gasteiger partial charge in [-0.05, 0) is 36.8 Å². The summed E-state index contributed by atoms with van der Waals surface area (Å²) in [5.74, 6) is 0.597. The van der Waals surface area contributed by atoms with Crippen LogP contribution in [0, 0.1) is 6.92 Å². The molecular weight excluding hydrogens is 326 g/mol. The van der Waals surface area contributed by atoms with Gasteiger partial charge >= 0.3 is 0 Å². The number of aryl methyl sites for hydroxylation is 1. The van der Waals surface area contributed by atoms with Gasteiger partial charge in [0, 0.05) is 16.2 Å². The van der Waals surface area contributed by atoms with E-state index in [9.17, 15) is 0 Å². The molecule has 0 unspecified atom stereocenters. The molecule has 0 fully saturated rings. The molecule has 3 aromatic rings. The Hall–Kier alpha value is -1.52.